The maximum Gasteiger partial charge on any atom is 0.573 e. The van der Waals surface area contributed by atoms with Crippen LogP contribution in [0.25, 0.3) is 0 Å². The van der Waals surface area contributed by atoms with Crippen LogP contribution in [0.4, 0.5) is 13.2 Å². The lowest BCUT2D eigenvalue weighted by Crippen LogP contribution is -2.40. The molecule has 2 aromatic rings. The fraction of sp³-hybridized carbons (Fsp3) is 0.389. The van der Waals surface area contributed by atoms with Gasteiger partial charge in [0.25, 0.3) is 0 Å². The number of hydrogen-bond donors (Lipinski definition) is 1. The number of benzene rings is 1. The Morgan fingerprint density at radius 3 is 2.32 bits per heavy atom. The topological polar surface area (TPSA) is 51.6 Å². The molecule has 134 valence electrons. The number of halogens is 3. The molecule has 1 aliphatic heterocycles. The van der Waals surface area contributed by atoms with Gasteiger partial charge in [-0.3, -0.25) is 4.98 Å². The summed E-state index contributed by atoms with van der Waals surface area (Å²) >= 11 is 0. The number of alkyl halides is 3. The molecular formula is C18H18F3NO3. The van der Waals surface area contributed by atoms with Gasteiger partial charge in [0, 0.05) is 24.8 Å². The molecule has 1 aromatic heterocycles. The lowest BCUT2D eigenvalue weighted by molar-refractivity contribution is -0.274. The minimum absolute atomic E-state index is 0.286. The van der Waals surface area contributed by atoms with Gasteiger partial charge >= 0.3 is 6.36 Å². The van der Waals surface area contributed by atoms with E-state index in [0.29, 0.717) is 31.7 Å². The van der Waals surface area contributed by atoms with Crippen molar-refractivity contribution in [2.45, 2.75) is 30.7 Å². The normalized spacial score (nSPS) is 18.6. The van der Waals surface area contributed by atoms with Gasteiger partial charge in [0.15, 0.2) is 0 Å². The molecule has 3 rings (SSSR count). The zero-order valence-electron chi connectivity index (χ0n) is 13.4. The van der Waals surface area contributed by atoms with Crippen LogP contribution in [-0.4, -0.2) is 29.7 Å². The molecule has 1 atom stereocenters. The number of nitrogens with zero attached hydrogens (tertiary/aromatic N) is 1. The van der Waals surface area contributed by atoms with Gasteiger partial charge < -0.3 is 14.6 Å². The number of aliphatic hydroxyl groups excluding tert-OH is 1. The van der Waals surface area contributed by atoms with Crippen molar-refractivity contribution in [3.05, 3.63) is 59.9 Å². The standard InChI is InChI=1S/C18H18F3NO3/c19-18(20,21)25-14-6-4-13(5-7-14)17(8-11-24-12-9-17)16(23)15-3-1-2-10-22-15/h1-7,10,16,23H,8-9,11-12H2/t16-/m1/s1. The van der Waals surface area contributed by atoms with Crippen molar-refractivity contribution in [2.24, 2.45) is 0 Å². The van der Waals surface area contributed by atoms with Crippen molar-refractivity contribution in [1.29, 1.82) is 0 Å². The largest absolute Gasteiger partial charge is 0.573 e. The molecule has 0 amide bonds. The van der Waals surface area contributed by atoms with E-state index in [9.17, 15) is 18.3 Å². The number of aromatic nitrogens is 1. The van der Waals surface area contributed by atoms with Crippen molar-refractivity contribution >= 4 is 0 Å². The number of hydrogen-bond acceptors (Lipinski definition) is 4. The van der Waals surface area contributed by atoms with Crippen LogP contribution in [0.3, 0.4) is 0 Å². The number of ether oxygens (including phenoxy) is 2. The van der Waals surface area contributed by atoms with Gasteiger partial charge in [0.1, 0.15) is 11.9 Å². The van der Waals surface area contributed by atoms with E-state index in [1.54, 1.807) is 36.5 Å². The van der Waals surface area contributed by atoms with E-state index in [2.05, 4.69) is 9.72 Å². The van der Waals surface area contributed by atoms with Gasteiger partial charge in [-0.05, 0) is 42.7 Å². The number of rotatable bonds is 4. The quantitative estimate of drug-likeness (QED) is 0.909. The second-order valence-electron chi connectivity index (χ2n) is 6.00. The molecule has 1 aliphatic rings. The maximum absolute atomic E-state index is 12.3. The van der Waals surface area contributed by atoms with E-state index < -0.39 is 17.9 Å². The zero-order chi connectivity index (χ0) is 17.9. The summed E-state index contributed by atoms with van der Waals surface area (Å²) < 4.78 is 46.3. The molecule has 0 saturated carbocycles. The van der Waals surface area contributed by atoms with E-state index >= 15 is 0 Å². The first-order chi connectivity index (χ1) is 11.9. The van der Waals surface area contributed by atoms with Gasteiger partial charge in [-0.25, -0.2) is 0 Å². The molecule has 25 heavy (non-hydrogen) atoms. The predicted molar refractivity (Wildman–Crippen MR) is 84.1 cm³/mol. The van der Waals surface area contributed by atoms with Crippen LogP contribution in [-0.2, 0) is 10.2 Å². The highest BCUT2D eigenvalue weighted by Crippen LogP contribution is 2.45. The molecule has 1 N–H and O–H groups in total. The SMILES string of the molecule is O[C@H](c1ccccn1)C1(c2ccc(OC(F)(F)F)cc2)CCOCC1. The molecule has 0 unspecified atom stereocenters. The molecule has 1 saturated heterocycles. The molecule has 4 nitrogen and oxygen atoms in total. The summed E-state index contributed by atoms with van der Waals surface area (Å²) in [4.78, 5) is 4.23. The molecular weight excluding hydrogens is 335 g/mol. The molecule has 0 radical (unpaired) electrons. The highest BCUT2D eigenvalue weighted by molar-refractivity contribution is 5.35. The summed E-state index contributed by atoms with van der Waals surface area (Å²) in [5, 5.41) is 11.0. The summed E-state index contributed by atoms with van der Waals surface area (Å²) in [5.74, 6) is -0.286. The minimum Gasteiger partial charge on any atom is -0.406 e. The smallest absolute Gasteiger partial charge is 0.406 e. The third-order valence-electron chi connectivity index (χ3n) is 4.54. The van der Waals surface area contributed by atoms with Crippen LogP contribution in [0.2, 0.25) is 0 Å². The summed E-state index contributed by atoms with van der Waals surface area (Å²) in [5.41, 5.74) is 0.604. The fourth-order valence-corrected chi connectivity index (χ4v) is 3.26. The molecule has 7 heteroatoms. The molecule has 1 aromatic carbocycles. The first-order valence-corrected chi connectivity index (χ1v) is 7.94. The van der Waals surface area contributed by atoms with Crippen molar-refractivity contribution in [3.63, 3.8) is 0 Å². The van der Waals surface area contributed by atoms with Gasteiger partial charge in [-0.2, -0.15) is 0 Å². The third kappa shape index (κ3) is 3.93. The molecule has 2 heterocycles. The Hall–Kier alpha value is -2.12. The van der Waals surface area contributed by atoms with Crippen LogP contribution >= 0.6 is 0 Å². The lowest BCUT2D eigenvalue weighted by atomic mass is 9.69. The predicted octanol–water partition coefficient (Wildman–Crippen LogP) is 3.76. The summed E-state index contributed by atoms with van der Waals surface area (Å²) in [7, 11) is 0. The van der Waals surface area contributed by atoms with Crippen molar-refractivity contribution in [1.82, 2.24) is 4.98 Å². The molecule has 0 bridgehead atoms. The van der Waals surface area contributed by atoms with Crippen molar-refractivity contribution in [3.8, 4) is 5.75 Å². The number of pyridine rings is 1. The Morgan fingerprint density at radius 1 is 1.08 bits per heavy atom. The average Bonchev–Trinajstić information content (AvgIpc) is 2.62. The van der Waals surface area contributed by atoms with Crippen LogP contribution in [0.1, 0.15) is 30.2 Å². The van der Waals surface area contributed by atoms with Crippen LogP contribution in [0.5, 0.6) is 5.75 Å². The maximum atomic E-state index is 12.3. The van der Waals surface area contributed by atoms with Gasteiger partial charge in [-0.15, -0.1) is 13.2 Å². The van der Waals surface area contributed by atoms with Crippen LogP contribution < -0.4 is 4.74 Å². The van der Waals surface area contributed by atoms with Gasteiger partial charge in [0.2, 0.25) is 0 Å². The van der Waals surface area contributed by atoms with Gasteiger partial charge in [0.05, 0.1) is 5.69 Å². The highest BCUT2D eigenvalue weighted by atomic mass is 19.4. The monoisotopic (exact) mass is 353 g/mol. The Labute approximate surface area is 143 Å². The fourth-order valence-electron chi connectivity index (χ4n) is 3.26. The van der Waals surface area contributed by atoms with Crippen LogP contribution in [0, 0.1) is 0 Å². The minimum atomic E-state index is -4.73. The van der Waals surface area contributed by atoms with E-state index in [1.165, 1.54) is 12.1 Å². The first kappa shape index (κ1) is 17.7. The lowest BCUT2D eigenvalue weighted by Gasteiger charge is -2.41. The second-order valence-corrected chi connectivity index (χ2v) is 6.00. The average molecular weight is 353 g/mol. The van der Waals surface area contributed by atoms with E-state index in [-0.39, 0.29) is 5.75 Å². The Balaban J connectivity index is 1.93. The van der Waals surface area contributed by atoms with E-state index in [4.69, 9.17) is 4.74 Å². The van der Waals surface area contributed by atoms with E-state index in [1.807, 2.05) is 0 Å². The Bertz CT molecular complexity index is 683. The third-order valence-corrected chi connectivity index (χ3v) is 4.54. The van der Waals surface area contributed by atoms with E-state index in [0.717, 1.165) is 5.56 Å². The highest BCUT2D eigenvalue weighted by Gasteiger charge is 2.42. The van der Waals surface area contributed by atoms with Crippen molar-refractivity contribution in [2.75, 3.05) is 13.2 Å². The summed E-state index contributed by atoms with van der Waals surface area (Å²) in [6, 6.07) is 11.0. The first-order valence-electron chi connectivity index (χ1n) is 7.94. The second kappa shape index (κ2) is 7.01. The molecule has 0 spiro atoms. The van der Waals surface area contributed by atoms with Crippen molar-refractivity contribution < 1.29 is 27.8 Å². The summed E-state index contributed by atoms with van der Waals surface area (Å²) in [6.07, 6.45) is -2.92. The van der Waals surface area contributed by atoms with Gasteiger partial charge in [-0.1, -0.05) is 18.2 Å². The zero-order valence-corrected chi connectivity index (χ0v) is 13.4. The summed E-state index contributed by atoms with van der Waals surface area (Å²) in [6.45, 7) is 0.926. The Morgan fingerprint density at radius 2 is 1.76 bits per heavy atom. The Kier molecular flexibility index (Phi) is 4.96. The van der Waals surface area contributed by atoms with Crippen LogP contribution in [0.15, 0.2) is 48.7 Å². The molecule has 0 aliphatic carbocycles. The number of aliphatic hydroxyl groups is 1. The molecule has 1 fully saturated rings.